The highest BCUT2D eigenvalue weighted by molar-refractivity contribution is 6.32. The second-order valence-electron chi connectivity index (χ2n) is 6.51. The van der Waals surface area contributed by atoms with E-state index in [-0.39, 0.29) is 5.91 Å². The van der Waals surface area contributed by atoms with Crippen LogP contribution in [0.15, 0.2) is 36.4 Å². The van der Waals surface area contributed by atoms with Crippen LogP contribution in [0.3, 0.4) is 0 Å². The zero-order valence-electron chi connectivity index (χ0n) is 16.6. The second-order valence-corrected chi connectivity index (χ2v) is 6.92. The summed E-state index contributed by atoms with van der Waals surface area (Å²) in [7, 11) is 3.13. The van der Waals surface area contributed by atoms with Gasteiger partial charge in [0.1, 0.15) is 12.4 Å². The van der Waals surface area contributed by atoms with Gasteiger partial charge in [-0.3, -0.25) is 4.79 Å². The number of anilines is 1. The number of carbonyl (C=O) groups is 1. The van der Waals surface area contributed by atoms with Crippen molar-refractivity contribution < 1.29 is 23.7 Å². The number of amides is 1. The smallest absolute Gasteiger partial charge is 0.255 e. The monoisotopic (exact) mass is 407 g/mol. The first-order chi connectivity index (χ1) is 13.4. The fourth-order valence-corrected chi connectivity index (χ4v) is 2.59. The van der Waals surface area contributed by atoms with Gasteiger partial charge in [-0.15, -0.1) is 0 Å². The number of hydrogen-bond donors (Lipinski definition) is 1. The van der Waals surface area contributed by atoms with Gasteiger partial charge in [0.25, 0.3) is 5.91 Å². The Morgan fingerprint density at radius 3 is 2.39 bits per heavy atom. The molecule has 7 heteroatoms. The molecule has 0 radical (unpaired) electrons. The molecule has 2 aromatic rings. The average Bonchev–Trinajstić information content (AvgIpc) is 2.67. The Bertz CT molecular complexity index is 777. The first-order valence-electron chi connectivity index (χ1n) is 8.98. The number of methoxy groups -OCH3 is 2. The summed E-state index contributed by atoms with van der Waals surface area (Å²) in [6.45, 7) is 5.55. The van der Waals surface area contributed by atoms with E-state index < -0.39 is 0 Å². The fourth-order valence-electron chi connectivity index (χ4n) is 2.32. The largest absolute Gasteiger partial charge is 0.493 e. The third-order valence-electron chi connectivity index (χ3n) is 3.72. The molecule has 1 amide bonds. The van der Waals surface area contributed by atoms with Crippen molar-refractivity contribution in [3.05, 3.63) is 47.0 Å². The van der Waals surface area contributed by atoms with Crippen molar-refractivity contribution in [1.29, 1.82) is 0 Å². The molecule has 2 aromatic carbocycles. The van der Waals surface area contributed by atoms with Crippen LogP contribution in [0.1, 0.15) is 24.2 Å². The molecular weight excluding hydrogens is 382 g/mol. The summed E-state index contributed by atoms with van der Waals surface area (Å²) in [6.07, 6.45) is 0. The predicted molar refractivity (Wildman–Crippen MR) is 110 cm³/mol. The molecule has 152 valence electrons. The summed E-state index contributed by atoms with van der Waals surface area (Å²) < 4.78 is 21.5. The Kier molecular flexibility index (Phi) is 8.42. The van der Waals surface area contributed by atoms with Gasteiger partial charge >= 0.3 is 0 Å². The summed E-state index contributed by atoms with van der Waals surface area (Å²) in [5, 5.41) is 3.15. The van der Waals surface area contributed by atoms with Crippen molar-refractivity contribution in [3.8, 4) is 17.2 Å². The lowest BCUT2D eigenvalue weighted by Gasteiger charge is -2.15. The Balaban J connectivity index is 2.08. The van der Waals surface area contributed by atoms with Crippen molar-refractivity contribution in [2.45, 2.75) is 13.8 Å². The fraction of sp³-hybridized carbons (Fsp3) is 0.381. The number of hydrogen-bond acceptors (Lipinski definition) is 5. The lowest BCUT2D eigenvalue weighted by atomic mass is 10.1. The molecule has 0 spiro atoms. The van der Waals surface area contributed by atoms with Crippen LogP contribution in [-0.4, -0.2) is 39.9 Å². The lowest BCUT2D eigenvalue weighted by molar-refractivity contribution is 0.102. The van der Waals surface area contributed by atoms with Crippen LogP contribution in [0, 0.1) is 5.92 Å². The highest BCUT2D eigenvalue weighted by Gasteiger charge is 2.16. The molecule has 0 aliphatic carbocycles. The van der Waals surface area contributed by atoms with Crippen molar-refractivity contribution in [3.63, 3.8) is 0 Å². The molecular formula is C21H26ClNO5. The Morgan fingerprint density at radius 2 is 1.79 bits per heavy atom. The Labute approximate surface area is 170 Å². The van der Waals surface area contributed by atoms with E-state index in [0.29, 0.717) is 59.3 Å². The molecule has 0 saturated carbocycles. The van der Waals surface area contributed by atoms with E-state index in [2.05, 4.69) is 5.32 Å². The Morgan fingerprint density at radius 1 is 1.07 bits per heavy atom. The standard InChI is InChI=1S/C21H26ClNO5/c1-14(2)13-28-20-18(22)11-15(12-19(20)26-4)21(24)23-16-5-7-17(8-6-16)27-10-9-25-3/h5-8,11-12,14H,9-10,13H2,1-4H3,(H,23,24). The SMILES string of the molecule is COCCOc1ccc(NC(=O)c2cc(Cl)c(OCC(C)C)c(OC)c2)cc1. The van der Waals surface area contributed by atoms with Crippen molar-refractivity contribution in [1.82, 2.24) is 0 Å². The number of ether oxygens (including phenoxy) is 4. The molecule has 0 unspecified atom stereocenters. The molecule has 0 heterocycles. The topological polar surface area (TPSA) is 66.0 Å². The van der Waals surface area contributed by atoms with Crippen LogP contribution in [0.5, 0.6) is 17.2 Å². The third-order valence-corrected chi connectivity index (χ3v) is 4.00. The number of nitrogens with one attached hydrogen (secondary N) is 1. The maximum atomic E-state index is 12.6. The van der Waals surface area contributed by atoms with E-state index in [1.54, 1.807) is 43.5 Å². The zero-order valence-corrected chi connectivity index (χ0v) is 17.3. The van der Waals surface area contributed by atoms with Crippen LogP contribution in [0.25, 0.3) is 0 Å². The molecule has 2 rings (SSSR count). The van der Waals surface area contributed by atoms with E-state index in [1.165, 1.54) is 7.11 Å². The summed E-state index contributed by atoms with van der Waals surface area (Å²) in [6, 6.07) is 10.3. The highest BCUT2D eigenvalue weighted by Crippen LogP contribution is 2.37. The van der Waals surface area contributed by atoms with Gasteiger partial charge in [-0.1, -0.05) is 25.4 Å². The van der Waals surface area contributed by atoms with Gasteiger partial charge in [0.15, 0.2) is 11.5 Å². The zero-order chi connectivity index (χ0) is 20.5. The molecule has 1 N–H and O–H groups in total. The van der Waals surface area contributed by atoms with Crippen LogP contribution in [0.4, 0.5) is 5.69 Å². The molecule has 0 aliphatic heterocycles. The van der Waals surface area contributed by atoms with Crippen molar-refractivity contribution >= 4 is 23.2 Å². The molecule has 0 aliphatic rings. The Hall–Kier alpha value is -2.44. The molecule has 0 fully saturated rings. The summed E-state index contributed by atoms with van der Waals surface area (Å²) >= 11 is 6.31. The first-order valence-corrected chi connectivity index (χ1v) is 9.35. The van der Waals surface area contributed by atoms with Crippen LogP contribution in [0.2, 0.25) is 5.02 Å². The lowest BCUT2D eigenvalue weighted by Crippen LogP contribution is -2.13. The summed E-state index contributed by atoms with van der Waals surface area (Å²) in [5.74, 6) is 1.59. The van der Waals surface area contributed by atoms with E-state index in [4.69, 9.17) is 30.5 Å². The molecule has 0 aromatic heterocycles. The van der Waals surface area contributed by atoms with Gasteiger partial charge in [-0.05, 0) is 42.3 Å². The van der Waals surface area contributed by atoms with E-state index in [1.807, 2.05) is 13.8 Å². The van der Waals surface area contributed by atoms with Crippen molar-refractivity contribution in [2.24, 2.45) is 5.92 Å². The third kappa shape index (κ3) is 6.32. The van der Waals surface area contributed by atoms with E-state index in [9.17, 15) is 4.79 Å². The minimum Gasteiger partial charge on any atom is -0.493 e. The van der Waals surface area contributed by atoms with Gasteiger partial charge in [-0.25, -0.2) is 0 Å². The van der Waals surface area contributed by atoms with Crippen LogP contribution >= 0.6 is 11.6 Å². The molecule has 0 bridgehead atoms. The van der Waals surface area contributed by atoms with Gasteiger partial charge in [-0.2, -0.15) is 0 Å². The molecule has 28 heavy (non-hydrogen) atoms. The average molecular weight is 408 g/mol. The molecule has 0 atom stereocenters. The normalized spacial score (nSPS) is 10.6. The molecule has 6 nitrogen and oxygen atoms in total. The number of benzene rings is 2. The number of carbonyl (C=O) groups excluding carboxylic acids is 1. The maximum Gasteiger partial charge on any atom is 0.255 e. The predicted octanol–water partition coefficient (Wildman–Crippen LogP) is 4.66. The number of rotatable bonds is 10. The quantitative estimate of drug-likeness (QED) is 0.580. The molecule has 0 saturated heterocycles. The van der Waals surface area contributed by atoms with E-state index in [0.717, 1.165) is 0 Å². The minimum absolute atomic E-state index is 0.302. The van der Waals surface area contributed by atoms with Gasteiger partial charge in [0.05, 0.1) is 25.3 Å². The van der Waals surface area contributed by atoms with Crippen molar-refractivity contribution in [2.75, 3.05) is 39.4 Å². The van der Waals surface area contributed by atoms with Gasteiger partial charge < -0.3 is 24.3 Å². The summed E-state index contributed by atoms with van der Waals surface area (Å²) in [5.41, 5.74) is 1.01. The second kappa shape index (κ2) is 10.8. The number of halogens is 1. The summed E-state index contributed by atoms with van der Waals surface area (Å²) in [4.78, 5) is 12.6. The first kappa shape index (κ1) is 21.9. The van der Waals surface area contributed by atoms with E-state index >= 15 is 0 Å². The van der Waals surface area contributed by atoms with Crippen LogP contribution in [-0.2, 0) is 4.74 Å². The highest BCUT2D eigenvalue weighted by atomic mass is 35.5. The maximum absolute atomic E-state index is 12.6. The minimum atomic E-state index is -0.302. The van der Waals surface area contributed by atoms with Gasteiger partial charge in [0.2, 0.25) is 0 Å². The van der Waals surface area contributed by atoms with Crippen LogP contribution < -0.4 is 19.5 Å². The van der Waals surface area contributed by atoms with Gasteiger partial charge in [0, 0.05) is 18.4 Å².